The number of aromatic nitrogens is 1. The number of carbonyl (C=O) groups excluding carboxylic acids is 1. The van der Waals surface area contributed by atoms with Gasteiger partial charge in [0, 0.05) is 5.56 Å². The Balaban J connectivity index is 1.30. The van der Waals surface area contributed by atoms with Gasteiger partial charge in [0.25, 0.3) is 0 Å². The number of hydrogen-bond acceptors (Lipinski definition) is 5. The molecule has 0 aliphatic heterocycles. The molecule has 2 N–H and O–H groups in total. The summed E-state index contributed by atoms with van der Waals surface area (Å²) in [6.45, 7) is -0.00463. The summed E-state index contributed by atoms with van der Waals surface area (Å²) in [6.07, 6.45) is -4.26. The topological polar surface area (TPSA) is 102 Å². The molecule has 5 aromatic rings. The third-order valence-corrected chi connectivity index (χ3v) is 7.36. The van der Waals surface area contributed by atoms with Crippen molar-refractivity contribution in [2.45, 2.75) is 31.0 Å². The van der Waals surface area contributed by atoms with E-state index in [2.05, 4.69) is 10.3 Å². The number of alkyl halides is 3. The number of pyridine rings is 1. The van der Waals surface area contributed by atoms with Crippen molar-refractivity contribution in [3.05, 3.63) is 108 Å². The van der Waals surface area contributed by atoms with Crippen LogP contribution in [0.25, 0.3) is 33.6 Å². The minimum atomic E-state index is -4.68. The molecule has 0 saturated heterocycles. The van der Waals surface area contributed by atoms with E-state index in [4.69, 9.17) is 9.15 Å². The average molecular weight is 573 g/mol. The molecule has 1 amide bonds. The van der Waals surface area contributed by atoms with Crippen molar-refractivity contribution in [3.8, 4) is 22.5 Å². The van der Waals surface area contributed by atoms with Gasteiger partial charge in [-0.2, -0.15) is 13.2 Å². The second kappa shape index (κ2) is 10.4. The predicted molar refractivity (Wildman–Crippen MR) is 149 cm³/mol. The number of ether oxygens (including phenoxy) is 1. The smallest absolute Gasteiger partial charge is 0.433 e. The first kappa shape index (κ1) is 27.1. The molecule has 6 rings (SSSR count). The van der Waals surface area contributed by atoms with Gasteiger partial charge in [-0.15, -0.1) is 0 Å². The molecule has 0 atom stereocenters. The van der Waals surface area contributed by atoms with E-state index in [1.54, 1.807) is 48.5 Å². The fraction of sp³-hybridized carbons (Fsp3) is 0.156. The SMILES string of the molecule is O=C(Nc1c(-c2ccc(-c3ccc(C4(C(=O)O)CC4)cc3)cc2)oc2nc(C(F)(F)F)ccc12)OCc1ccccc1. The second-order valence-electron chi connectivity index (χ2n) is 10.1. The van der Waals surface area contributed by atoms with Crippen LogP contribution in [-0.4, -0.2) is 22.2 Å². The van der Waals surface area contributed by atoms with E-state index in [9.17, 15) is 27.9 Å². The summed E-state index contributed by atoms with van der Waals surface area (Å²) >= 11 is 0. The fourth-order valence-electron chi connectivity index (χ4n) is 4.87. The molecule has 0 radical (unpaired) electrons. The van der Waals surface area contributed by atoms with Gasteiger partial charge in [0.05, 0.1) is 10.8 Å². The molecule has 0 spiro atoms. The predicted octanol–water partition coefficient (Wildman–Crippen LogP) is 8.05. The monoisotopic (exact) mass is 572 g/mol. The molecule has 1 aliphatic rings. The number of hydrogen-bond donors (Lipinski definition) is 2. The summed E-state index contributed by atoms with van der Waals surface area (Å²) in [5.41, 5.74) is 1.63. The summed E-state index contributed by atoms with van der Waals surface area (Å²) in [5.74, 6) is -0.705. The Morgan fingerprint density at radius 2 is 1.50 bits per heavy atom. The van der Waals surface area contributed by atoms with Crippen LogP contribution in [0.2, 0.25) is 0 Å². The summed E-state index contributed by atoms with van der Waals surface area (Å²) in [7, 11) is 0. The first-order valence-electron chi connectivity index (χ1n) is 13.1. The highest BCUT2D eigenvalue weighted by atomic mass is 19.4. The quantitative estimate of drug-likeness (QED) is 0.205. The number of rotatable bonds is 7. The molecule has 1 aliphatic carbocycles. The van der Waals surface area contributed by atoms with E-state index < -0.39 is 29.3 Å². The van der Waals surface area contributed by atoms with E-state index in [0.29, 0.717) is 18.4 Å². The van der Waals surface area contributed by atoms with E-state index in [0.717, 1.165) is 28.3 Å². The van der Waals surface area contributed by atoms with E-state index in [1.807, 2.05) is 30.3 Å². The number of benzene rings is 3. The van der Waals surface area contributed by atoms with E-state index >= 15 is 0 Å². The maximum Gasteiger partial charge on any atom is 0.433 e. The maximum absolute atomic E-state index is 13.3. The van der Waals surface area contributed by atoms with Crippen LogP contribution in [0.15, 0.2) is 95.4 Å². The van der Waals surface area contributed by atoms with Crippen molar-refractivity contribution >= 4 is 28.8 Å². The number of carboxylic acid groups (broad SMARTS) is 1. The Morgan fingerprint density at radius 1 is 0.881 bits per heavy atom. The zero-order valence-electron chi connectivity index (χ0n) is 21.9. The minimum absolute atomic E-state index is 0.00463. The molecule has 1 fully saturated rings. The summed E-state index contributed by atoms with van der Waals surface area (Å²) < 4.78 is 51.1. The highest BCUT2D eigenvalue weighted by Gasteiger charge is 2.51. The molecule has 0 bridgehead atoms. The number of aliphatic carboxylic acids is 1. The van der Waals surface area contributed by atoms with Crippen molar-refractivity contribution in [1.29, 1.82) is 0 Å². The minimum Gasteiger partial charge on any atom is -0.481 e. The normalized spacial score (nSPS) is 14.0. The Morgan fingerprint density at radius 3 is 2.10 bits per heavy atom. The Kier molecular flexibility index (Phi) is 6.68. The lowest BCUT2D eigenvalue weighted by Crippen LogP contribution is -2.19. The van der Waals surface area contributed by atoms with Gasteiger partial charge in [0.1, 0.15) is 18.0 Å². The second-order valence-corrected chi connectivity index (χ2v) is 10.1. The number of carboxylic acids is 1. The highest BCUT2D eigenvalue weighted by molar-refractivity contribution is 6.04. The molecule has 7 nitrogen and oxygen atoms in total. The number of nitrogens with zero attached hydrogens (tertiary/aromatic N) is 1. The lowest BCUT2D eigenvalue weighted by atomic mass is 9.93. The van der Waals surface area contributed by atoms with Crippen molar-refractivity contribution < 1.29 is 37.0 Å². The molecule has 42 heavy (non-hydrogen) atoms. The number of fused-ring (bicyclic) bond motifs is 1. The molecule has 10 heteroatoms. The van der Waals surface area contributed by atoms with E-state index in [1.165, 1.54) is 6.07 Å². The summed E-state index contributed by atoms with van der Waals surface area (Å²) in [5, 5.41) is 12.3. The number of amides is 1. The van der Waals surface area contributed by atoms with Crippen LogP contribution in [0.5, 0.6) is 0 Å². The van der Waals surface area contributed by atoms with Crippen molar-refractivity contribution in [2.24, 2.45) is 0 Å². The van der Waals surface area contributed by atoms with Crippen molar-refractivity contribution in [2.75, 3.05) is 5.32 Å². The lowest BCUT2D eigenvalue weighted by Gasteiger charge is -2.11. The summed E-state index contributed by atoms with van der Waals surface area (Å²) in [6, 6.07) is 25.4. The van der Waals surface area contributed by atoms with Gasteiger partial charge in [0.15, 0.2) is 5.76 Å². The van der Waals surface area contributed by atoms with Crippen LogP contribution >= 0.6 is 0 Å². The molecule has 3 aromatic carbocycles. The lowest BCUT2D eigenvalue weighted by molar-refractivity contribution is -0.141. The Bertz CT molecular complexity index is 1780. The Hall–Kier alpha value is -5.12. The maximum atomic E-state index is 13.3. The van der Waals surface area contributed by atoms with Gasteiger partial charge >= 0.3 is 18.2 Å². The fourth-order valence-corrected chi connectivity index (χ4v) is 4.87. The van der Waals surface area contributed by atoms with E-state index in [-0.39, 0.29) is 29.2 Å². The molecule has 2 aromatic heterocycles. The van der Waals surface area contributed by atoms with Gasteiger partial charge in [-0.25, -0.2) is 9.78 Å². The third kappa shape index (κ3) is 5.18. The molecule has 212 valence electrons. The number of anilines is 1. The molecular weight excluding hydrogens is 549 g/mol. The third-order valence-electron chi connectivity index (χ3n) is 7.36. The largest absolute Gasteiger partial charge is 0.481 e. The Labute approximate surface area is 237 Å². The summed E-state index contributed by atoms with van der Waals surface area (Å²) in [4.78, 5) is 28.0. The van der Waals surface area contributed by atoms with Crippen LogP contribution in [0, 0.1) is 0 Å². The van der Waals surface area contributed by atoms with Crippen molar-refractivity contribution in [1.82, 2.24) is 4.98 Å². The zero-order valence-corrected chi connectivity index (χ0v) is 21.9. The first-order chi connectivity index (χ1) is 20.1. The van der Waals surface area contributed by atoms with Crippen molar-refractivity contribution in [3.63, 3.8) is 0 Å². The van der Waals surface area contributed by atoms with Gasteiger partial charge in [0.2, 0.25) is 5.71 Å². The van der Waals surface area contributed by atoms with Crippen LogP contribution < -0.4 is 5.32 Å². The number of carbonyl (C=O) groups is 2. The number of nitrogens with one attached hydrogen (secondary N) is 1. The standard InChI is InChI=1S/C32H23F3N2O5/c33-32(34,35)25-15-14-24-26(37-30(40)41-18-19-4-2-1-3-5-19)27(42-28(24)36-25)22-8-6-20(7-9-22)21-10-12-23(13-11-21)31(16-17-31)29(38)39/h1-15H,16-18H2,(H,37,40)(H,38,39). The van der Waals surface area contributed by atoms with Crippen LogP contribution in [0.1, 0.15) is 29.7 Å². The van der Waals surface area contributed by atoms with Crippen LogP contribution in [-0.2, 0) is 27.7 Å². The zero-order chi connectivity index (χ0) is 29.5. The van der Waals surface area contributed by atoms with Crippen LogP contribution in [0.3, 0.4) is 0 Å². The number of furan rings is 1. The molecule has 1 saturated carbocycles. The molecule has 2 heterocycles. The van der Waals surface area contributed by atoms with Gasteiger partial charge in [-0.1, -0.05) is 78.9 Å². The number of halogens is 3. The van der Waals surface area contributed by atoms with Gasteiger partial charge in [-0.05, 0) is 47.2 Å². The van der Waals surface area contributed by atoms with Gasteiger partial charge in [-0.3, -0.25) is 10.1 Å². The average Bonchev–Trinajstić information content (AvgIpc) is 3.74. The highest BCUT2D eigenvalue weighted by Crippen LogP contribution is 2.48. The first-order valence-corrected chi connectivity index (χ1v) is 13.1. The van der Waals surface area contributed by atoms with Gasteiger partial charge < -0.3 is 14.3 Å². The molecule has 0 unspecified atom stereocenters. The van der Waals surface area contributed by atoms with Crippen LogP contribution in [0.4, 0.5) is 23.7 Å². The molecular formula is C32H23F3N2O5.